The SMILES string of the molecule is CC(=O)NC1COc2ccccc2C1. The fraction of sp³-hybridized carbons (Fsp3) is 0.364. The molecular formula is C11H13NO2. The number of fused-ring (bicyclic) bond motifs is 1. The molecule has 1 atom stereocenters. The molecular weight excluding hydrogens is 178 g/mol. The van der Waals surface area contributed by atoms with Crippen molar-refractivity contribution >= 4 is 5.91 Å². The lowest BCUT2D eigenvalue weighted by Gasteiger charge is -2.25. The summed E-state index contributed by atoms with van der Waals surface area (Å²) in [6.07, 6.45) is 0.857. The molecule has 0 aliphatic carbocycles. The first-order valence-electron chi connectivity index (χ1n) is 4.73. The van der Waals surface area contributed by atoms with E-state index < -0.39 is 0 Å². The molecule has 1 aliphatic heterocycles. The normalized spacial score (nSPS) is 19.4. The molecule has 0 aromatic heterocycles. The molecule has 0 bridgehead atoms. The summed E-state index contributed by atoms with van der Waals surface area (Å²) >= 11 is 0. The molecule has 1 aliphatic rings. The zero-order chi connectivity index (χ0) is 9.97. The van der Waals surface area contributed by atoms with Crippen LogP contribution in [0.5, 0.6) is 5.75 Å². The van der Waals surface area contributed by atoms with Gasteiger partial charge in [0, 0.05) is 6.92 Å². The third kappa shape index (κ3) is 1.87. The van der Waals surface area contributed by atoms with E-state index in [0.29, 0.717) is 6.61 Å². The van der Waals surface area contributed by atoms with Crippen molar-refractivity contribution in [1.82, 2.24) is 5.32 Å². The zero-order valence-electron chi connectivity index (χ0n) is 8.12. The maximum absolute atomic E-state index is 10.9. The van der Waals surface area contributed by atoms with E-state index in [-0.39, 0.29) is 11.9 Å². The van der Waals surface area contributed by atoms with Gasteiger partial charge < -0.3 is 10.1 Å². The number of para-hydroxylation sites is 1. The quantitative estimate of drug-likeness (QED) is 0.722. The van der Waals surface area contributed by atoms with Crippen LogP contribution in [-0.4, -0.2) is 18.6 Å². The van der Waals surface area contributed by atoms with Gasteiger partial charge in [-0.3, -0.25) is 4.79 Å². The van der Waals surface area contributed by atoms with Crippen molar-refractivity contribution in [3.05, 3.63) is 29.8 Å². The van der Waals surface area contributed by atoms with E-state index in [2.05, 4.69) is 5.32 Å². The Hall–Kier alpha value is -1.51. The molecule has 1 amide bonds. The molecule has 1 aromatic rings. The average Bonchev–Trinajstić information content (AvgIpc) is 2.17. The molecule has 14 heavy (non-hydrogen) atoms. The number of carbonyl (C=O) groups is 1. The van der Waals surface area contributed by atoms with Gasteiger partial charge >= 0.3 is 0 Å². The molecule has 1 aromatic carbocycles. The van der Waals surface area contributed by atoms with Crippen LogP contribution in [0.4, 0.5) is 0 Å². The van der Waals surface area contributed by atoms with E-state index in [1.807, 2.05) is 24.3 Å². The molecule has 3 heteroatoms. The minimum atomic E-state index is -0.00187. The summed E-state index contributed by atoms with van der Waals surface area (Å²) in [4.78, 5) is 10.9. The Balaban J connectivity index is 2.09. The molecule has 1 heterocycles. The smallest absolute Gasteiger partial charge is 0.217 e. The van der Waals surface area contributed by atoms with Crippen molar-refractivity contribution in [2.45, 2.75) is 19.4 Å². The van der Waals surface area contributed by atoms with Gasteiger partial charge in [0.1, 0.15) is 12.4 Å². The number of amides is 1. The summed E-state index contributed by atoms with van der Waals surface area (Å²) in [6, 6.07) is 8.04. The van der Waals surface area contributed by atoms with E-state index in [0.717, 1.165) is 17.7 Å². The van der Waals surface area contributed by atoms with E-state index in [1.54, 1.807) is 0 Å². The molecule has 74 valence electrons. The summed E-state index contributed by atoms with van der Waals surface area (Å²) in [5.41, 5.74) is 1.16. The largest absolute Gasteiger partial charge is 0.491 e. The van der Waals surface area contributed by atoms with Gasteiger partial charge in [-0.1, -0.05) is 18.2 Å². The van der Waals surface area contributed by atoms with Crippen molar-refractivity contribution in [3.63, 3.8) is 0 Å². The topological polar surface area (TPSA) is 38.3 Å². The van der Waals surface area contributed by atoms with Crippen LogP contribution in [0, 0.1) is 0 Å². The molecule has 2 rings (SSSR count). The second-order valence-corrected chi connectivity index (χ2v) is 3.52. The van der Waals surface area contributed by atoms with Crippen LogP contribution >= 0.6 is 0 Å². The van der Waals surface area contributed by atoms with Gasteiger partial charge in [0.25, 0.3) is 0 Å². The lowest BCUT2D eigenvalue weighted by molar-refractivity contribution is -0.119. The van der Waals surface area contributed by atoms with E-state index in [1.165, 1.54) is 6.92 Å². The van der Waals surface area contributed by atoms with Crippen molar-refractivity contribution in [3.8, 4) is 5.75 Å². The molecule has 0 radical (unpaired) electrons. The van der Waals surface area contributed by atoms with E-state index in [9.17, 15) is 4.79 Å². The lowest BCUT2D eigenvalue weighted by Crippen LogP contribution is -2.41. The van der Waals surface area contributed by atoms with Crippen LogP contribution < -0.4 is 10.1 Å². The van der Waals surface area contributed by atoms with Crippen LogP contribution in [0.15, 0.2) is 24.3 Å². The molecule has 0 saturated heterocycles. The van der Waals surface area contributed by atoms with E-state index >= 15 is 0 Å². The van der Waals surface area contributed by atoms with Crippen LogP contribution in [0.25, 0.3) is 0 Å². The highest BCUT2D eigenvalue weighted by molar-refractivity contribution is 5.73. The lowest BCUT2D eigenvalue weighted by atomic mass is 10.0. The van der Waals surface area contributed by atoms with Crippen LogP contribution in [0.1, 0.15) is 12.5 Å². The Morgan fingerprint density at radius 2 is 2.29 bits per heavy atom. The predicted molar refractivity (Wildman–Crippen MR) is 53.2 cm³/mol. The van der Waals surface area contributed by atoms with Crippen molar-refractivity contribution in [2.24, 2.45) is 0 Å². The number of carbonyl (C=O) groups excluding carboxylic acids is 1. The van der Waals surface area contributed by atoms with Gasteiger partial charge in [-0.15, -0.1) is 0 Å². The molecule has 0 saturated carbocycles. The molecule has 0 spiro atoms. The molecule has 0 fully saturated rings. The fourth-order valence-corrected chi connectivity index (χ4v) is 1.71. The maximum atomic E-state index is 10.9. The highest BCUT2D eigenvalue weighted by Gasteiger charge is 2.19. The van der Waals surface area contributed by atoms with Gasteiger partial charge in [-0.2, -0.15) is 0 Å². The average molecular weight is 191 g/mol. The van der Waals surface area contributed by atoms with Crippen molar-refractivity contribution in [1.29, 1.82) is 0 Å². The first kappa shape index (κ1) is 9.06. The minimum Gasteiger partial charge on any atom is -0.491 e. The molecule has 1 unspecified atom stereocenters. The Morgan fingerprint density at radius 3 is 3.07 bits per heavy atom. The molecule has 1 N–H and O–H groups in total. The first-order valence-corrected chi connectivity index (χ1v) is 4.73. The summed E-state index contributed by atoms with van der Waals surface area (Å²) in [5.74, 6) is 0.937. The second kappa shape index (κ2) is 3.70. The highest BCUT2D eigenvalue weighted by Crippen LogP contribution is 2.23. The van der Waals surface area contributed by atoms with Gasteiger partial charge in [-0.05, 0) is 18.1 Å². The van der Waals surface area contributed by atoms with Gasteiger partial charge in [-0.25, -0.2) is 0 Å². The second-order valence-electron chi connectivity index (χ2n) is 3.52. The van der Waals surface area contributed by atoms with E-state index in [4.69, 9.17) is 4.74 Å². The fourth-order valence-electron chi connectivity index (χ4n) is 1.71. The number of ether oxygens (including phenoxy) is 1. The van der Waals surface area contributed by atoms with Gasteiger partial charge in [0.15, 0.2) is 0 Å². The monoisotopic (exact) mass is 191 g/mol. The Bertz CT molecular complexity index is 349. The van der Waals surface area contributed by atoms with Crippen molar-refractivity contribution in [2.75, 3.05) is 6.61 Å². The van der Waals surface area contributed by atoms with Crippen LogP contribution in [0.3, 0.4) is 0 Å². The van der Waals surface area contributed by atoms with Gasteiger partial charge in [0.2, 0.25) is 5.91 Å². The summed E-state index contributed by atoms with van der Waals surface area (Å²) < 4.78 is 5.52. The standard InChI is InChI=1S/C11H13NO2/c1-8(13)12-10-6-9-4-2-3-5-11(9)14-7-10/h2-5,10H,6-7H2,1H3,(H,12,13). The number of hydrogen-bond acceptors (Lipinski definition) is 2. The van der Waals surface area contributed by atoms with Crippen LogP contribution in [0.2, 0.25) is 0 Å². The summed E-state index contributed by atoms with van der Waals surface area (Å²) in [5, 5.41) is 2.86. The zero-order valence-corrected chi connectivity index (χ0v) is 8.12. The Labute approximate surface area is 83.1 Å². The number of benzene rings is 1. The number of rotatable bonds is 1. The predicted octanol–water partition coefficient (Wildman–Crippen LogP) is 1.13. The molecule has 3 nitrogen and oxygen atoms in total. The third-order valence-electron chi connectivity index (χ3n) is 2.29. The third-order valence-corrected chi connectivity index (χ3v) is 2.29. The number of hydrogen-bond donors (Lipinski definition) is 1. The summed E-state index contributed by atoms with van der Waals surface area (Å²) in [7, 11) is 0. The van der Waals surface area contributed by atoms with Crippen molar-refractivity contribution < 1.29 is 9.53 Å². The highest BCUT2D eigenvalue weighted by atomic mass is 16.5. The van der Waals surface area contributed by atoms with Gasteiger partial charge in [0.05, 0.1) is 6.04 Å². The maximum Gasteiger partial charge on any atom is 0.217 e. The number of nitrogens with one attached hydrogen (secondary N) is 1. The summed E-state index contributed by atoms with van der Waals surface area (Å²) in [6.45, 7) is 2.09. The Morgan fingerprint density at radius 1 is 1.50 bits per heavy atom. The first-order chi connectivity index (χ1) is 6.75. The Kier molecular flexibility index (Phi) is 2.39. The van der Waals surface area contributed by atoms with Crippen LogP contribution in [-0.2, 0) is 11.2 Å². The minimum absolute atomic E-state index is 0.00187.